The van der Waals surface area contributed by atoms with Crippen molar-refractivity contribution >= 4 is 22.6 Å². The summed E-state index contributed by atoms with van der Waals surface area (Å²) < 4.78 is 0. The first kappa shape index (κ1) is 15.9. The summed E-state index contributed by atoms with van der Waals surface area (Å²) in [6, 6.07) is 5.94. The minimum Gasteiger partial charge on any atom is -0.361 e. The van der Waals surface area contributed by atoms with Crippen molar-refractivity contribution in [3.8, 4) is 0 Å². The van der Waals surface area contributed by atoms with Gasteiger partial charge in [0.1, 0.15) is 0 Å². The second-order valence-corrected chi connectivity index (χ2v) is 6.46. The van der Waals surface area contributed by atoms with Crippen molar-refractivity contribution in [2.75, 3.05) is 32.0 Å². The highest BCUT2D eigenvalue weighted by atomic mass is 16.2. The molecule has 0 saturated carbocycles. The van der Waals surface area contributed by atoms with Crippen LogP contribution in [-0.4, -0.2) is 42.6 Å². The van der Waals surface area contributed by atoms with E-state index in [0.29, 0.717) is 12.5 Å². The average molecular weight is 314 g/mol. The molecular formula is C18H26N4O. The van der Waals surface area contributed by atoms with E-state index in [1.165, 1.54) is 23.8 Å². The molecule has 3 rings (SSSR count). The number of benzene rings is 1. The maximum atomic E-state index is 11.8. The zero-order valence-corrected chi connectivity index (χ0v) is 14.0. The van der Waals surface area contributed by atoms with E-state index in [1.54, 1.807) is 0 Å². The van der Waals surface area contributed by atoms with E-state index >= 15 is 0 Å². The fourth-order valence-corrected chi connectivity index (χ4v) is 3.29. The lowest BCUT2D eigenvalue weighted by Crippen LogP contribution is -2.29. The van der Waals surface area contributed by atoms with Crippen LogP contribution in [0.2, 0.25) is 0 Å². The number of likely N-dealkylation sites (tertiary alicyclic amines) is 1. The number of nitrogens with one attached hydrogen (secondary N) is 3. The van der Waals surface area contributed by atoms with E-state index in [2.05, 4.69) is 39.8 Å². The first-order valence-electron chi connectivity index (χ1n) is 8.52. The smallest absolute Gasteiger partial charge is 0.319 e. The number of aromatic nitrogens is 1. The van der Waals surface area contributed by atoms with E-state index < -0.39 is 0 Å². The molecule has 0 spiro atoms. The number of hydrogen-bond acceptors (Lipinski definition) is 2. The fraction of sp³-hybridized carbons (Fsp3) is 0.500. The van der Waals surface area contributed by atoms with Crippen LogP contribution < -0.4 is 10.6 Å². The molecule has 0 unspecified atom stereocenters. The summed E-state index contributed by atoms with van der Waals surface area (Å²) >= 11 is 0. The first-order chi connectivity index (χ1) is 11.2. The zero-order chi connectivity index (χ0) is 16.2. The predicted molar refractivity (Wildman–Crippen MR) is 95.1 cm³/mol. The van der Waals surface area contributed by atoms with E-state index in [9.17, 15) is 4.79 Å². The van der Waals surface area contributed by atoms with Gasteiger partial charge in [-0.05, 0) is 69.1 Å². The van der Waals surface area contributed by atoms with Crippen LogP contribution in [0.25, 0.3) is 10.9 Å². The quantitative estimate of drug-likeness (QED) is 0.809. The van der Waals surface area contributed by atoms with Gasteiger partial charge in [0, 0.05) is 29.3 Å². The maximum Gasteiger partial charge on any atom is 0.319 e. The highest BCUT2D eigenvalue weighted by molar-refractivity contribution is 5.94. The Morgan fingerprint density at radius 1 is 1.35 bits per heavy atom. The van der Waals surface area contributed by atoms with Crippen LogP contribution in [0.5, 0.6) is 0 Å². The topological polar surface area (TPSA) is 60.2 Å². The monoisotopic (exact) mass is 314 g/mol. The molecule has 1 fully saturated rings. The van der Waals surface area contributed by atoms with Crippen molar-refractivity contribution in [2.24, 2.45) is 0 Å². The number of piperidine rings is 1. The van der Waals surface area contributed by atoms with Gasteiger partial charge in [0.25, 0.3) is 0 Å². The number of hydrogen-bond donors (Lipinski definition) is 3. The van der Waals surface area contributed by atoms with Crippen LogP contribution in [0.3, 0.4) is 0 Å². The number of anilines is 1. The highest BCUT2D eigenvalue weighted by Crippen LogP contribution is 2.33. The van der Waals surface area contributed by atoms with Gasteiger partial charge in [0.2, 0.25) is 0 Å². The summed E-state index contributed by atoms with van der Waals surface area (Å²) in [5.41, 5.74) is 3.36. The molecule has 2 heterocycles. The number of carbonyl (C=O) groups is 1. The van der Waals surface area contributed by atoms with Gasteiger partial charge in [-0.1, -0.05) is 6.92 Å². The van der Waals surface area contributed by atoms with Gasteiger partial charge in [0.15, 0.2) is 0 Å². The van der Waals surface area contributed by atoms with Crippen LogP contribution in [0.1, 0.15) is 37.7 Å². The van der Waals surface area contributed by atoms with Crippen LogP contribution >= 0.6 is 0 Å². The Balaban J connectivity index is 1.78. The summed E-state index contributed by atoms with van der Waals surface area (Å²) in [6.07, 6.45) is 5.46. The number of urea groups is 1. The van der Waals surface area contributed by atoms with Crippen LogP contribution in [0, 0.1) is 0 Å². The first-order valence-corrected chi connectivity index (χ1v) is 8.52. The summed E-state index contributed by atoms with van der Waals surface area (Å²) in [7, 11) is 2.18. The lowest BCUT2D eigenvalue weighted by Gasteiger charge is -2.28. The number of fused-ring (bicyclic) bond motifs is 1. The Hall–Kier alpha value is -2.01. The second-order valence-electron chi connectivity index (χ2n) is 6.46. The molecule has 23 heavy (non-hydrogen) atoms. The molecular weight excluding hydrogens is 288 g/mol. The molecule has 3 N–H and O–H groups in total. The van der Waals surface area contributed by atoms with Crippen molar-refractivity contribution in [3.63, 3.8) is 0 Å². The lowest BCUT2D eigenvalue weighted by molar-refractivity contribution is 0.252. The third-order valence-electron chi connectivity index (χ3n) is 4.67. The molecule has 1 saturated heterocycles. The molecule has 1 aliphatic heterocycles. The van der Waals surface area contributed by atoms with Gasteiger partial charge in [0.05, 0.1) is 0 Å². The largest absolute Gasteiger partial charge is 0.361 e. The molecule has 1 aromatic heterocycles. The normalized spacial score (nSPS) is 16.6. The van der Waals surface area contributed by atoms with Crippen LogP contribution in [0.4, 0.5) is 10.5 Å². The molecule has 5 nitrogen and oxygen atoms in total. The van der Waals surface area contributed by atoms with Gasteiger partial charge in [-0.3, -0.25) is 0 Å². The number of aromatic amines is 1. The maximum absolute atomic E-state index is 11.8. The minimum absolute atomic E-state index is 0.137. The summed E-state index contributed by atoms with van der Waals surface area (Å²) in [5.74, 6) is 0.601. The number of rotatable bonds is 4. The van der Waals surface area contributed by atoms with E-state index in [-0.39, 0.29) is 6.03 Å². The molecule has 0 atom stereocenters. The van der Waals surface area contributed by atoms with Gasteiger partial charge >= 0.3 is 6.03 Å². The molecule has 2 amide bonds. The van der Waals surface area contributed by atoms with Crippen LogP contribution in [0.15, 0.2) is 24.4 Å². The number of H-pyrrole nitrogens is 1. The molecule has 0 aliphatic carbocycles. The zero-order valence-electron chi connectivity index (χ0n) is 14.0. The van der Waals surface area contributed by atoms with E-state index in [0.717, 1.165) is 30.7 Å². The second kappa shape index (κ2) is 7.04. The Morgan fingerprint density at radius 3 is 2.87 bits per heavy atom. The molecule has 0 radical (unpaired) electrons. The summed E-state index contributed by atoms with van der Waals surface area (Å²) in [4.78, 5) is 17.6. The Labute approximate surface area is 137 Å². The predicted octanol–water partition coefficient (Wildman–Crippen LogP) is 3.51. The fourth-order valence-electron chi connectivity index (χ4n) is 3.29. The molecule has 1 aliphatic rings. The minimum atomic E-state index is -0.137. The van der Waals surface area contributed by atoms with Crippen LogP contribution in [-0.2, 0) is 0 Å². The van der Waals surface area contributed by atoms with Crippen molar-refractivity contribution < 1.29 is 4.79 Å². The molecule has 0 bridgehead atoms. The summed E-state index contributed by atoms with van der Waals surface area (Å²) in [6.45, 7) is 5.03. The highest BCUT2D eigenvalue weighted by Gasteiger charge is 2.21. The van der Waals surface area contributed by atoms with Crippen molar-refractivity contribution in [1.29, 1.82) is 0 Å². The van der Waals surface area contributed by atoms with Crippen molar-refractivity contribution in [3.05, 3.63) is 30.0 Å². The summed E-state index contributed by atoms with van der Waals surface area (Å²) in [5, 5.41) is 7.00. The lowest BCUT2D eigenvalue weighted by atomic mass is 9.89. The molecule has 124 valence electrons. The third kappa shape index (κ3) is 3.67. The van der Waals surface area contributed by atoms with E-state index in [4.69, 9.17) is 0 Å². The van der Waals surface area contributed by atoms with Gasteiger partial charge in [-0.15, -0.1) is 0 Å². The number of carbonyl (C=O) groups excluding carboxylic acids is 1. The SMILES string of the molecule is CCCNC(=O)Nc1ccc2[nH]cc(C3CCN(C)CC3)c2c1. The molecule has 2 aromatic rings. The van der Waals surface area contributed by atoms with Crippen molar-refractivity contribution in [1.82, 2.24) is 15.2 Å². The molecule has 1 aromatic carbocycles. The molecule has 5 heteroatoms. The Bertz CT molecular complexity index is 671. The Morgan fingerprint density at radius 2 is 2.13 bits per heavy atom. The van der Waals surface area contributed by atoms with Gasteiger partial charge in [-0.2, -0.15) is 0 Å². The van der Waals surface area contributed by atoms with Gasteiger partial charge in [-0.25, -0.2) is 4.79 Å². The average Bonchev–Trinajstić information content (AvgIpc) is 2.97. The number of amides is 2. The number of nitrogens with zero attached hydrogens (tertiary/aromatic N) is 1. The van der Waals surface area contributed by atoms with E-state index in [1.807, 2.05) is 19.1 Å². The Kier molecular flexibility index (Phi) is 4.86. The van der Waals surface area contributed by atoms with Crippen molar-refractivity contribution in [2.45, 2.75) is 32.1 Å². The third-order valence-corrected chi connectivity index (χ3v) is 4.67. The standard InChI is InChI=1S/C18H26N4O/c1-3-8-19-18(23)21-14-4-5-17-15(11-14)16(12-20-17)13-6-9-22(2)10-7-13/h4-5,11-13,20H,3,6-10H2,1-2H3,(H2,19,21,23). The van der Waals surface area contributed by atoms with Gasteiger partial charge < -0.3 is 20.5 Å².